The predicted molar refractivity (Wildman–Crippen MR) is 69.6 cm³/mol. The number of ether oxygens (including phenoxy) is 1. The Balaban J connectivity index is 2.61. The Morgan fingerprint density at radius 1 is 1.63 bits per heavy atom. The summed E-state index contributed by atoms with van der Waals surface area (Å²) in [6.07, 6.45) is 6.80. The highest BCUT2D eigenvalue weighted by atomic mass is 16.5. The molecule has 2 N–H and O–H groups in total. The van der Waals surface area contributed by atoms with Crippen LogP contribution >= 0.6 is 0 Å². The van der Waals surface area contributed by atoms with Gasteiger partial charge in [-0.2, -0.15) is 0 Å². The van der Waals surface area contributed by atoms with Gasteiger partial charge in [-0.15, -0.1) is 6.42 Å². The maximum Gasteiger partial charge on any atom is 0.318 e. The summed E-state index contributed by atoms with van der Waals surface area (Å²) in [5, 5.41) is 11.6. The number of amides is 2. The zero-order valence-electron chi connectivity index (χ0n) is 11.1. The van der Waals surface area contributed by atoms with Crippen LogP contribution in [-0.2, 0) is 9.53 Å². The van der Waals surface area contributed by atoms with Gasteiger partial charge in [0.25, 0.3) is 0 Å². The van der Waals surface area contributed by atoms with E-state index in [2.05, 4.69) is 11.2 Å². The van der Waals surface area contributed by atoms with Gasteiger partial charge < -0.3 is 20.1 Å². The van der Waals surface area contributed by atoms with E-state index in [9.17, 15) is 9.59 Å². The topological polar surface area (TPSA) is 78.9 Å². The molecule has 0 saturated carbocycles. The van der Waals surface area contributed by atoms with Gasteiger partial charge in [-0.25, -0.2) is 4.79 Å². The normalized spacial score (nSPS) is 20.4. The standard InChI is InChI=1S/C13H20N2O4/c1-3-5-10(4-2)14-13(18)15-6-7-19-9-11(15)8-12(16)17/h2,10-11H,3,5-9H2,1H3,(H,14,18)(H,16,17). The van der Waals surface area contributed by atoms with Gasteiger partial charge in [0, 0.05) is 6.54 Å². The highest BCUT2D eigenvalue weighted by molar-refractivity contribution is 5.76. The second kappa shape index (κ2) is 7.64. The zero-order valence-corrected chi connectivity index (χ0v) is 11.1. The lowest BCUT2D eigenvalue weighted by molar-refractivity contribution is -0.139. The number of nitrogens with zero attached hydrogens (tertiary/aromatic N) is 1. The Morgan fingerprint density at radius 3 is 2.95 bits per heavy atom. The molecule has 1 aliphatic rings. The lowest BCUT2D eigenvalue weighted by Gasteiger charge is -2.35. The van der Waals surface area contributed by atoms with E-state index in [0.29, 0.717) is 19.6 Å². The number of carbonyl (C=O) groups excluding carboxylic acids is 1. The van der Waals surface area contributed by atoms with E-state index in [4.69, 9.17) is 16.3 Å². The van der Waals surface area contributed by atoms with Crippen LogP contribution in [0.5, 0.6) is 0 Å². The van der Waals surface area contributed by atoms with Crippen LogP contribution < -0.4 is 5.32 Å². The van der Waals surface area contributed by atoms with Crippen molar-refractivity contribution in [3.63, 3.8) is 0 Å². The second-order valence-electron chi connectivity index (χ2n) is 4.48. The van der Waals surface area contributed by atoms with Crippen molar-refractivity contribution in [2.45, 2.75) is 38.3 Å². The molecule has 6 nitrogen and oxygen atoms in total. The van der Waals surface area contributed by atoms with E-state index >= 15 is 0 Å². The van der Waals surface area contributed by atoms with Crippen LogP contribution in [0.3, 0.4) is 0 Å². The molecule has 0 aromatic heterocycles. The maximum absolute atomic E-state index is 12.1. The first-order valence-electron chi connectivity index (χ1n) is 6.41. The minimum Gasteiger partial charge on any atom is -0.481 e. The molecule has 106 valence electrons. The van der Waals surface area contributed by atoms with Gasteiger partial charge in [-0.05, 0) is 6.42 Å². The summed E-state index contributed by atoms with van der Waals surface area (Å²) in [4.78, 5) is 24.4. The molecule has 0 aliphatic carbocycles. The third-order valence-corrected chi connectivity index (χ3v) is 2.97. The largest absolute Gasteiger partial charge is 0.481 e. The lowest BCUT2D eigenvalue weighted by Crippen LogP contribution is -2.54. The average Bonchev–Trinajstić information content (AvgIpc) is 2.38. The quantitative estimate of drug-likeness (QED) is 0.718. The minimum absolute atomic E-state index is 0.123. The Hall–Kier alpha value is -1.74. The summed E-state index contributed by atoms with van der Waals surface area (Å²) in [6, 6.07) is -1.07. The van der Waals surface area contributed by atoms with Crippen molar-refractivity contribution in [2.24, 2.45) is 0 Å². The Kier molecular flexibility index (Phi) is 6.16. The summed E-state index contributed by atoms with van der Waals surface area (Å²) in [6.45, 7) is 3.03. The van der Waals surface area contributed by atoms with Crippen molar-refractivity contribution in [3.8, 4) is 12.3 Å². The number of urea groups is 1. The molecular formula is C13H20N2O4. The van der Waals surface area contributed by atoms with Gasteiger partial charge in [0.2, 0.25) is 0 Å². The van der Waals surface area contributed by atoms with Gasteiger partial charge in [-0.1, -0.05) is 19.3 Å². The first-order valence-corrected chi connectivity index (χ1v) is 6.41. The fraction of sp³-hybridized carbons (Fsp3) is 0.692. The van der Waals surface area contributed by atoms with Gasteiger partial charge in [-0.3, -0.25) is 4.79 Å². The van der Waals surface area contributed by atoms with E-state index in [1.807, 2.05) is 6.92 Å². The molecule has 1 saturated heterocycles. The van der Waals surface area contributed by atoms with Crippen LogP contribution in [0.2, 0.25) is 0 Å². The molecule has 6 heteroatoms. The SMILES string of the molecule is C#CC(CCC)NC(=O)N1CCOCC1CC(=O)O. The van der Waals surface area contributed by atoms with Crippen molar-refractivity contribution in [1.29, 1.82) is 0 Å². The Labute approximate surface area is 113 Å². The van der Waals surface area contributed by atoms with E-state index in [1.54, 1.807) is 0 Å². The molecule has 1 rings (SSSR count). The number of carboxylic acids is 1. The summed E-state index contributed by atoms with van der Waals surface area (Å²) >= 11 is 0. The monoisotopic (exact) mass is 268 g/mol. The maximum atomic E-state index is 12.1. The molecule has 0 aromatic rings. The summed E-state index contributed by atoms with van der Waals surface area (Å²) in [5.41, 5.74) is 0. The number of morpholine rings is 1. The number of terminal acetylenes is 1. The third kappa shape index (κ3) is 4.79. The number of rotatable bonds is 5. The molecule has 2 atom stereocenters. The van der Waals surface area contributed by atoms with Crippen LogP contribution in [0, 0.1) is 12.3 Å². The number of hydrogen-bond donors (Lipinski definition) is 2. The number of aliphatic carboxylic acids is 1. The molecular weight excluding hydrogens is 248 g/mol. The van der Waals surface area contributed by atoms with Crippen molar-refractivity contribution in [3.05, 3.63) is 0 Å². The fourth-order valence-electron chi connectivity index (χ4n) is 2.01. The fourth-order valence-corrected chi connectivity index (χ4v) is 2.01. The van der Waals surface area contributed by atoms with Crippen molar-refractivity contribution in [2.75, 3.05) is 19.8 Å². The van der Waals surface area contributed by atoms with E-state index in [1.165, 1.54) is 4.90 Å². The van der Waals surface area contributed by atoms with E-state index < -0.39 is 12.0 Å². The number of carbonyl (C=O) groups is 2. The highest BCUT2D eigenvalue weighted by Gasteiger charge is 2.29. The van der Waals surface area contributed by atoms with Crippen LogP contribution in [0.4, 0.5) is 4.79 Å². The Morgan fingerprint density at radius 2 is 2.37 bits per heavy atom. The molecule has 0 bridgehead atoms. The zero-order chi connectivity index (χ0) is 14.3. The molecule has 1 fully saturated rings. The molecule has 1 heterocycles. The summed E-state index contributed by atoms with van der Waals surface area (Å²) < 4.78 is 5.22. The second-order valence-corrected chi connectivity index (χ2v) is 4.48. The van der Waals surface area contributed by atoms with Gasteiger partial charge in [0.05, 0.1) is 31.7 Å². The van der Waals surface area contributed by atoms with Crippen LogP contribution in [-0.4, -0.2) is 53.8 Å². The molecule has 0 spiro atoms. The molecule has 2 amide bonds. The van der Waals surface area contributed by atoms with E-state index in [-0.39, 0.29) is 25.1 Å². The van der Waals surface area contributed by atoms with Gasteiger partial charge in [0.15, 0.2) is 0 Å². The van der Waals surface area contributed by atoms with Crippen LogP contribution in [0.25, 0.3) is 0 Å². The predicted octanol–water partition coefficient (Wildman–Crippen LogP) is 0.673. The summed E-state index contributed by atoms with van der Waals surface area (Å²) in [5.74, 6) is 1.57. The molecule has 2 unspecified atom stereocenters. The van der Waals surface area contributed by atoms with Crippen LogP contribution in [0.1, 0.15) is 26.2 Å². The van der Waals surface area contributed by atoms with Crippen molar-refractivity contribution < 1.29 is 19.4 Å². The number of nitrogens with one attached hydrogen (secondary N) is 1. The van der Waals surface area contributed by atoms with E-state index in [0.717, 1.165) is 6.42 Å². The molecule has 1 aliphatic heterocycles. The van der Waals surface area contributed by atoms with Gasteiger partial charge in [0.1, 0.15) is 0 Å². The third-order valence-electron chi connectivity index (χ3n) is 2.97. The number of carboxylic acid groups (broad SMARTS) is 1. The first-order chi connectivity index (χ1) is 9.08. The van der Waals surface area contributed by atoms with Crippen molar-refractivity contribution in [1.82, 2.24) is 10.2 Å². The minimum atomic E-state index is -0.949. The smallest absolute Gasteiger partial charge is 0.318 e. The lowest BCUT2D eigenvalue weighted by atomic mass is 10.1. The Bertz CT molecular complexity index is 364. The van der Waals surface area contributed by atoms with Gasteiger partial charge >= 0.3 is 12.0 Å². The molecule has 19 heavy (non-hydrogen) atoms. The number of hydrogen-bond acceptors (Lipinski definition) is 3. The summed E-state index contributed by atoms with van der Waals surface area (Å²) in [7, 11) is 0. The average molecular weight is 268 g/mol. The highest BCUT2D eigenvalue weighted by Crippen LogP contribution is 2.11. The van der Waals surface area contributed by atoms with Crippen molar-refractivity contribution >= 4 is 12.0 Å². The molecule has 0 aromatic carbocycles. The molecule has 0 radical (unpaired) electrons. The van der Waals surface area contributed by atoms with Crippen LogP contribution in [0.15, 0.2) is 0 Å². The first kappa shape index (κ1) is 15.3.